The van der Waals surface area contributed by atoms with E-state index < -0.39 is 0 Å². The third kappa shape index (κ3) is 2.66. The van der Waals surface area contributed by atoms with E-state index in [4.69, 9.17) is 0 Å². The number of anilines is 2. The molecule has 1 fully saturated rings. The minimum absolute atomic E-state index is 0.418. The highest BCUT2D eigenvalue weighted by atomic mass is 15.3. The Bertz CT molecular complexity index is 909. The van der Waals surface area contributed by atoms with Crippen molar-refractivity contribution in [3.63, 3.8) is 0 Å². The van der Waals surface area contributed by atoms with Crippen molar-refractivity contribution >= 4 is 22.5 Å². The van der Waals surface area contributed by atoms with Gasteiger partial charge in [0.05, 0.1) is 17.6 Å². The Morgan fingerprint density at radius 2 is 1.96 bits per heavy atom. The number of rotatable bonds is 3. The molecule has 0 atom stereocenters. The molecule has 5 rings (SSSR count). The number of hydrogen-bond acceptors (Lipinski definition) is 5. The van der Waals surface area contributed by atoms with E-state index >= 15 is 0 Å². The third-order valence-corrected chi connectivity index (χ3v) is 5.41. The van der Waals surface area contributed by atoms with Crippen molar-refractivity contribution in [2.45, 2.75) is 38.1 Å². The van der Waals surface area contributed by atoms with Gasteiger partial charge in [-0.05, 0) is 68.5 Å². The van der Waals surface area contributed by atoms with Crippen molar-refractivity contribution < 1.29 is 0 Å². The SMILES string of the molecule is c1nc(Nc2ccc3c(c2)CCC3)c2cnn(C3CCNCC3)c2n1. The fraction of sp³-hybridized carbons (Fsp3) is 0.421. The van der Waals surface area contributed by atoms with Crippen LogP contribution in [0.15, 0.2) is 30.7 Å². The van der Waals surface area contributed by atoms with Gasteiger partial charge in [0.1, 0.15) is 12.1 Å². The van der Waals surface area contributed by atoms with Gasteiger partial charge in [-0.3, -0.25) is 0 Å². The molecule has 2 N–H and O–H groups in total. The van der Waals surface area contributed by atoms with E-state index in [1.807, 2.05) is 6.20 Å². The highest BCUT2D eigenvalue weighted by molar-refractivity contribution is 5.88. The summed E-state index contributed by atoms with van der Waals surface area (Å²) in [6.45, 7) is 2.08. The second kappa shape index (κ2) is 6.11. The molecule has 0 unspecified atom stereocenters. The molecule has 3 heterocycles. The number of nitrogens with one attached hydrogen (secondary N) is 2. The molecule has 2 aliphatic rings. The van der Waals surface area contributed by atoms with Crippen LogP contribution in [-0.4, -0.2) is 32.8 Å². The molecule has 1 saturated heterocycles. The first-order valence-corrected chi connectivity index (χ1v) is 9.16. The van der Waals surface area contributed by atoms with Crippen LogP contribution in [0.25, 0.3) is 11.0 Å². The maximum atomic E-state index is 4.63. The second-order valence-electron chi connectivity index (χ2n) is 6.99. The maximum absolute atomic E-state index is 4.63. The van der Waals surface area contributed by atoms with Crippen LogP contribution in [0.1, 0.15) is 36.4 Å². The lowest BCUT2D eigenvalue weighted by atomic mass is 10.1. The van der Waals surface area contributed by atoms with Gasteiger partial charge in [0, 0.05) is 5.69 Å². The Balaban J connectivity index is 1.48. The minimum atomic E-state index is 0.418. The highest BCUT2D eigenvalue weighted by Crippen LogP contribution is 2.29. The van der Waals surface area contributed by atoms with Gasteiger partial charge in [0.25, 0.3) is 0 Å². The molecule has 0 saturated carbocycles. The lowest BCUT2D eigenvalue weighted by molar-refractivity contribution is 0.349. The molecule has 0 radical (unpaired) electrons. The zero-order chi connectivity index (χ0) is 16.6. The van der Waals surface area contributed by atoms with Gasteiger partial charge < -0.3 is 10.6 Å². The van der Waals surface area contributed by atoms with E-state index in [0.717, 1.165) is 48.5 Å². The van der Waals surface area contributed by atoms with Gasteiger partial charge in [-0.25, -0.2) is 14.6 Å². The fourth-order valence-electron chi connectivity index (χ4n) is 4.07. The topological polar surface area (TPSA) is 67.7 Å². The number of benzene rings is 1. The van der Waals surface area contributed by atoms with Crippen LogP contribution < -0.4 is 10.6 Å². The van der Waals surface area contributed by atoms with E-state index in [0.29, 0.717) is 6.04 Å². The first-order valence-electron chi connectivity index (χ1n) is 9.16. The summed E-state index contributed by atoms with van der Waals surface area (Å²) in [7, 11) is 0. The van der Waals surface area contributed by atoms with E-state index in [9.17, 15) is 0 Å². The summed E-state index contributed by atoms with van der Waals surface area (Å²) < 4.78 is 2.08. The zero-order valence-corrected chi connectivity index (χ0v) is 14.2. The molecule has 128 valence electrons. The second-order valence-corrected chi connectivity index (χ2v) is 6.99. The van der Waals surface area contributed by atoms with Gasteiger partial charge >= 0.3 is 0 Å². The number of fused-ring (bicyclic) bond motifs is 2. The molecule has 1 aliphatic carbocycles. The van der Waals surface area contributed by atoms with Crippen LogP contribution in [-0.2, 0) is 12.8 Å². The molecule has 0 bridgehead atoms. The van der Waals surface area contributed by atoms with Gasteiger partial charge in [-0.1, -0.05) is 6.07 Å². The molecule has 0 amide bonds. The van der Waals surface area contributed by atoms with Crippen molar-refractivity contribution in [3.05, 3.63) is 41.9 Å². The maximum Gasteiger partial charge on any atom is 0.163 e. The molecule has 1 aliphatic heterocycles. The van der Waals surface area contributed by atoms with E-state index in [1.165, 1.54) is 30.4 Å². The highest BCUT2D eigenvalue weighted by Gasteiger charge is 2.20. The third-order valence-electron chi connectivity index (χ3n) is 5.41. The summed E-state index contributed by atoms with van der Waals surface area (Å²) in [5.41, 5.74) is 4.96. The van der Waals surface area contributed by atoms with Crippen LogP contribution in [0.4, 0.5) is 11.5 Å². The van der Waals surface area contributed by atoms with Crippen LogP contribution in [0, 0.1) is 0 Å². The smallest absolute Gasteiger partial charge is 0.163 e. The summed E-state index contributed by atoms with van der Waals surface area (Å²) in [5.74, 6) is 0.836. The Kier molecular flexibility index (Phi) is 3.63. The van der Waals surface area contributed by atoms with Crippen molar-refractivity contribution in [1.82, 2.24) is 25.1 Å². The number of hydrogen-bond donors (Lipinski definition) is 2. The van der Waals surface area contributed by atoms with E-state index in [2.05, 4.69) is 48.6 Å². The van der Waals surface area contributed by atoms with Crippen molar-refractivity contribution in [2.24, 2.45) is 0 Å². The average Bonchev–Trinajstić information content (AvgIpc) is 3.29. The molecule has 3 aromatic rings. The number of nitrogens with zero attached hydrogens (tertiary/aromatic N) is 4. The molecule has 0 spiro atoms. The summed E-state index contributed by atoms with van der Waals surface area (Å²) in [4.78, 5) is 8.97. The zero-order valence-electron chi connectivity index (χ0n) is 14.2. The van der Waals surface area contributed by atoms with Crippen LogP contribution >= 0.6 is 0 Å². The minimum Gasteiger partial charge on any atom is -0.340 e. The molecular formula is C19H22N6. The molecule has 2 aromatic heterocycles. The van der Waals surface area contributed by atoms with Crippen LogP contribution in [0.5, 0.6) is 0 Å². The largest absolute Gasteiger partial charge is 0.340 e. The Hall–Kier alpha value is -2.47. The lowest BCUT2D eigenvalue weighted by Gasteiger charge is -2.23. The van der Waals surface area contributed by atoms with Gasteiger partial charge in [-0.2, -0.15) is 5.10 Å². The summed E-state index contributed by atoms with van der Waals surface area (Å²) >= 11 is 0. The van der Waals surface area contributed by atoms with E-state index in [-0.39, 0.29) is 0 Å². The molecular weight excluding hydrogens is 312 g/mol. The van der Waals surface area contributed by atoms with E-state index in [1.54, 1.807) is 6.33 Å². The summed E-state index contributed by atoms with van der Waals surface area (Å²) in [6.07, 6.45) is 9.36. The predicted octanol–water partition coefficient (Wildman–Crippen LogP) is 2.98. The lowest BCUT2D eigenvalue weighted by Crippen LogP contribution is -2.29. The molecule has 25 heavy (non-hydrogen) atoms. The summed E-state index contributed by atoms with van der Waals surface area (Å²) in [6, 6.07) is 7.06. The monoisotopic (exact) mass is 334 g/mol. The first-order chi connectivity index (χ1) is 12.4. The first kappa shape index (κ1) is 14.8. The molecule has 1 aromatic carbocycles. The summed E-state index contributed by atoms with van der Waals surface area (Å²) in [5, 5.41) is 12.5. The van der Waals surface area contributed by atoms with Crippen molar-refractivity contribution in [2.75, 3.05) is 18.4 Å². The van der Waals surface area contributed by atoms with Crippen LogP contribution in [0.3, 0.4) is 0 Å². The Morgan fingerprint density at radius 3 is 2.88 bits per heavy atom. The standard InChI is InChI=1S/C19H22N6/c1-2-13-4-5-15(10-14(13)3-1)24-18-17-11-23-25(19(17)22-12-21-18)16-6-8-20-9-7-16/h4-5,10-12,16,20H,1-3,6-9H2,(H,21,22,24). The van der Waals surface area contributed by atoms with Crippen LogP contribution in [0.2, 0.25) is 0 Å². The van der Waals surface area contributed by atoms with Crippen molar-refractivity contribution in [3.8, 4) is 0 Å². The fourth-order valence-corrected chi connectivity index (χ4v) is 4.07. The average molecular weight is 334 g/mol. The normalized spacial score (nSPS) is 17.8. The predicted molar refractivity (Wildman–Crippen MR) is 98.2 cm³/mol. The number of aryl methyl sites for hydroxylation is 2. The molecule has 6 nitrogen and oxygen atoms in total. The Labute approximate surface area is 146 Å². The quantitative estimate of drug-likeness (QED) is 0.771. The van der Waals surface area contributed by atoms with Gasteiger partial charge in [0.2, 0.25) is 0 Å². The van der Waals surface area contributed by atoms with Gasteiger partial charge in [-0.15, -0.1) is 0 Å². The van der Waals surface area contributed by atoms with Gasteiger partial charge in [0.15, 0.2) is 5.65 Å². The van der Waals surface area contributed by atoms with Crippen molar-refractivity contribution in [1.29, 1.82) is 0 Å². The molecule has 6 heteroatoms. The Morgan fingerprint density at radius 1 is 1.08 bits per heavy atom. The number of aromatic nitrogens is 4. The number of piperidine rings is 1.